The lowest BCUT2D eigenvalue weighted by molar-refractivity contribution is -0.274. The number of alkyl halides is 3. The van der Waals surface area contributed by atoms with Crippen molar-refractivity contribution in [2.45, 2.75) is 46.0 Å². The molecule has 0 saturated heterocycles. The molecule has 2 amide bonds. The van der Waals surface area contributed by atoms with Crippen LogP contribution in [-0.4, -0.2) is 38.8 Å². The largest absolute Gasteiger partial charge is 0.573 e. The summed E-state index contributed by atoms with van der Waals surface area (Å²) in [5.74, 6) is 1.18. The third kappa shape index (κ3) is 7.60. The Morgan fingerprint density at radius 2 is 1.78 bits per heavy atom. The summed E-state index contributed by atoms with van der Waals surface area (Å²) in [5.41, 5.74) is 5.17. The number of ether oxygens (including phenoxy) is 2. The van der Waals surface area contributed by atoms with E-state index < -0.39 is 12.4 Å². The SMILES string of the molecule is CCC(C)c1cc(OC)ccc1-n1c(C)cs/c1=N\C(=O)NCc1ccc(-c2ncn(-c3ccc(OC(F)(F)F)cc3)n2)cc1. The molecule has 234 valence electrons. The number of methoxy groups -OCH3 is 1. The first-order chi connectivity index (χ1) is 21.5. The Morgan fingerprint density at radius 3 is 2.44 bits per heavy atom. The van der Waals surface area contributed by atoms with Crippen LogP contribution in [0.1, 0.15) is 43.0 Å². The molecule has 2 heterocycles. The number of aryl methyl sites for hydroxylation is 1. The zero-order valence-electron chi connectivity index (χ0n) is 25.0. The molecule has 45 heavy (non-hydrogen) atoms. The van der Waals surface area contributed by atoms with Crippen molar-refractivity contribution in [2.75, 3.05) is 7.11 Å². The molecule has 0 aliphatic carbocycles. The monoisotopic (exact) mass is 636 g/mol. The number of carbonyl (C=O) groups is 1. The third-order valence-corrected chi connectivity index (χ3v) is 8.12. The Bertz CT molecular complexity index is 1840. The minimum atomic E-state index is -4.76. The van der Waals surface area contributed by atoms with Crippen LogP contribution in [0.15, 0.2) is 83.4 Å². The molecule has 1 unspecified atom stereocenters. The highest BCUT2D eigenvalue weighted by Gasteiger charge is 2.31. The average Bonchev–Trinajstić information content (AvgIpc) is 3.66. The van der Waals surface area contributed by atoms with Crippen LogP contribution >= 0.6 is 11.3 Å². The fraction of sp³-hybridized carbons (Fsp3) is 0.250. The van der Waals surface area contributed by atoms with E-state index in [4.69, 9.17) is 4.74 Å². The first kappa shape index (κ1) is 31.5. The summed E-state index contributed by atoms with van der Waals surface area (Å²) in [7, 11) is 1.65. The van der Waals surface area contributed by atoms with E-state index in [1.54, 1.807) is 7.11 Å². The summed E-state index contributed by atoms with van der Waals surface area (Å²) in [5, 5.41) is 9.25. The topological polar surface area (TPSA) is 95.6 Å². The van der Waals surface area contributed by atoms with E-state index in [0.29, 0.717) is 16.3 Å². The molecule has 0 spiro atoms. The zero-order chi connectivity index (χ0) is 32.1. The zero-order valence-corrected chi connectivity index (χ0v) is 25.8. The Morgan fingerprint density at radius 1 is 1.07 bits per heavy atom. The first-order valence-electron chi connectivity index (χ1n) is 14.1. The van der Waals surface area contributed by atoms with E-state index in [9.17, 15) is 18.0 Å². The second kappa shape index (κ2) is 13.4. The van der Waals surface area contributed by atoms with Gasteiger partial charge in [-0.25, -0.2) is 14.5 Å². The smallest absolute Gasteiger partial charge is 0.497 e. The highest BCUT2D eigenvalue weighted by molar-refractivity contribution is 7.07. The predicted molar refractivity (Wildman–Crippen MR) is 165 cm³/mol. The molecule has 9 nitrogen and oxygen atoms in total. The summed E-state index contributed by atoms with van der Waals surface area (Å²) in [6, 6.07) is 18.2. The van der Waals surface area contributed by atoms with Gasteiger partial charge in [0.15, 0.2) is 10.6 Å². The maximum Gasteiger partial charge on any atom is 0.573 e. The van der Waals surface area contributed by atoms with Crippen LogP contribution in [0.5, 0.6) is 11.5 Å². The number of thiazole rings is 1. The van der Waals surface area contributed by atoms with Crippen molar-refractivity contribution >= 4 is 17.4 Å². The molecular weight excluding hydrogens is 605 g/mol. The fourth-order valence-electron chi connectivity index (χ4n) is 4.64. The van der Waals surface area contributed by atoms with Crippen LogP contribution in [0, 0.1) is 6.92 Å². The van der Waals surface area contributed by atoms with Gasteiger partial charge in [-0.15, -0.1) is 29.6 Å². The Kier molecular flexibility index (Phi) is 9.37. The summed E-state index contributed by atoms with van der Waals surface area (Å²) >= 11 is 1.40. The maximum atomic E-state index is 12.9. The molecule has 1 atom stereocenters. The number of halogens is 3. The number of hydrogen-bond acceptors (Lipinski definition) is 6. The van der Waals surface area contributed by atoms with Crippen LogP contribution in [0.25, 0.3) is 22.8 Å². The number of rotatable bonds is 9. The molecule has 0 aliphatic heterocycles. The van der Waals surface area contributed by atoms with Gasteiger partial charge in [-0.05, 0) is 72.9 Å². The lowest BCUT2D eigenvalue weighted by atomic mass is 9.96. The quantitative estimate of drug-likeness (QED) is 0.183. The molecule has 2 aromatic heterocycles. The summed E-state index contributed by atoms with van der Waals surface area (Å²) < 4.78 is 50.1. The van der Waals surface area contributed by atoms with Crippen molar-refractivity contribution in [1.82, 2.24) is 24.6 Å². The van der Waals surface area contributed by atoms with E-state index in [0.717, 1.165) is 40.2 Å². The average molecular weight is 637 g/mol. The summed E-state index contributed by atoms with van der Waals surface area (Å²) in [6.45, 7) is 6.55. The predicted octanol–water partition coefficient (Wildman–Crippen LogP) is 7.33. The minimum Gasteiger partial charge on any atom is -0.497 e. The van der Waals surface area contributed by atoms with Crippen molar-refractivity contribution in [1.29, 1.82) is 0 Å². The number of amides is 2. The Hall–Kier alpha value is -4.91. The van der Waals surface area contributed by atoms with E-state index in [1.807, 2.05) is 59.3 Å². The Balaban J connectivity index is 1.26. The van der Waals surface area contributed by atoms with Gasteiger partial charge in [-0.3, -0.25) is 4.57 Å². The van der Waals surface area contributed by atoms with Crippen LogP contribution in [0.3, 0.4) is 0 Å². The fourth-order valence-corrected chi connectivity index (χ4v) is 5.50. The van der Waals surface area contributed by atoms with Crippen LogP contribution in [-0.2, 0) is 6.54 Å². The highest BCUT2D eigenvalue weighted by atomic mass is 32.1. The number of nitrogens with one attached hydrogen (secondary N) is 1. The normalized spacial score (nSPS) is 12.6. The second-order valence-electron chi connectivity index (χ2n) is 10.3. The number of benzene rings is 3. The standard InChI is InChI=1S/C32H31F3N6O3S/c1-5-20(2)27-16-26(43-4)14-15-28(27)41-21(3)18-45-31(41)38-30(42)36-17-22-6-8-23(9-7-22)29-37-19-40(39-29)24-10-12-25(13-11-24)44-32(33,34)35/h6-16,18-20H,5,17H2,1-4H3,(H,36,42)/b38-31-. The minimum absolute atomic E-state index is 0.266. The highest BCUT2D eigenvalue weighted by Crippen LogP contribution is 2.30. The van der Waals surface area contributed by atoms with Gasteiger partial charge in [-0.1, -0.05) is 38.1 Å². The molecule has 0 aliphatic rings. The molecule has 0 fully saturated rings. The van der Waals surface area contributed by atoms with Gasteiger partial charge >= 0.3 is 12.4 Å². The van der Waals surface area contributed by atoms with Gasteiger partial charge in [0.2, 0.25) is 0 Å². The lowest BCUT2D eigenvalue weighted by Crippen LogP contribution is -2.24. The molecule has 0 saturated carbocycles. The van der Waals surface area contributed by atoms with Crippen molar-refractivity contribution in [3.8, 4) is 34.3 Å². The van der Waals surface area contributed by atoms with Gasteiger partial charge in [0.25, 0.3) is 0 Å². The lowest BCUT2D eigenvalue weighted by Gasteiger charge is -2.18. The van der Waals surface area contributed by atoms with Crippen LogP contribution in [0.4, 0.5) is 18.0 Å². The van der Waals surface area contributed by atoms with Crippen molar-refractivity contribution in [2.24, 2.45) is 4.99 Å². The van der Waals surface area contributed by atoms with Gasteiger partial charge in [-0.2, -0.15) is 4.99 Å². The van der Waals surface area contributed by atoms with E-state index in [1.165, 1.54) is 46.6 Å². The molecule has 5 rings (SSSR count). The third-order valence-electron chi connectivity index (χ3n) is 7.18. The number of carbonyl (C=O) groups excluding carboxylic acids is 1. The molecule has 0 radical (unpaired) electrons. The molecule has 1 N–H and O–H groups in total. The molecule has 13 heteroatoms. The maximum absolute atomic E-state index is 12.9. The summed E-state index contributed by atoms with van der Waals surface area (Å²) in [6.07, 6.45) is -2.33. The van der Waals surface area contributed by atoms with Gasteiger partial charge in [0, 0.05) is 23.2 Å². The summed E-state index contributed by atoms with van der Waals surface area (Å²) in [4.78, 5) is 22.1. The van der Waals surface area contributed by atoms with Gasteiger partial charge < -0.3 is 14.8 Å². The Labute approximate surface area is 261 Å². The van der Waals surface area contributed by atoms with E-state index in [-0.39, 0.29) is 18.2 Å². The molecule has 5 aromatic rings. The second-order valence-corrected chi connectivity index (χ2v) is 11.1. The number of urea groups is 1. The first-order valence-corrected chi connectivity index (χ1v) is 15.0. The van der Waals surface area contributed by atoms with Crippen LogP contribution < -0.4 is 19.6 Å². The van der Waals surface area contributed by atoms with Gasteiger partial charge in [0.05, 0.1) is 18.5 Å². The molecule has 0 bridgehead atoms. The molecular formula is C32H31F3N6O3S. The van der Waals surface area contributed by atoms with Crippen molar-refractivity contribution in [3.05, 3.63) is 100 Å². The van der Waals surface area contributed by atoms with Crippen molar-refractivity contribution < 1.29 is 27.4 Å². The van der Waals surface area contributed by atoms with Crippen molar-refractivity contribution in [3.63, 3.8) is 0 Å². The van der Waals surface area contributed by atoms with E-state index >= 15 is 0 Å². The number of hydrogen-bond donors (Lipinski definition) is 1. The molecule has 3 aromatic carbocycles. The number of nitrogens with zero attached hydrogens (tertiary/aromatic N) is 5. The van der Waals surface area contributed by atoms with Gasteiger partial charge in [0.1, 0.15) is 17.8 Å². The van der Waals surface area contributed by atoms with E-state index in [2.05, 4.69) is 39.0 Å². The van der Waals surface area contributed by atoms with Crippen LogP contribution in [0.2, 0.25) is 0 Å². The number of aromatic nitrogens is 4.